The number of halogens is 3. The fraction of sp³-hybridized carbons (Fsp3) is 0.407. The number of rotatable bonds is 8. The van der Waals surface area contributed by atoms with Crippen LogP contribution in [-0.2, 0) is 31.2 Å². The van der Waals surface area contributed by atoms with E-state index in [1.54, 1.807) is 12.3 Å². The summed E-state index contributed by atoms with van der Waals surface area (Å²) in [6.07, 6.45) is -1.05. The molecule has 13 nitrogen and oxygen atoms in total. The maximum atomic E-state index is 12.5. The third kappa shape index (κ3) is 6.40. The highest BCUT2D eigenvalue weighted by molar-refractivity contribution is 7.87. The number of hydrogen-bond acceptors (Lipinski definition) is 10. The zero-order valence-electron chi connectivity index (χ0n) is 23.2. The van der Waals surface area contributed by atoms with Crippen LogP contribution in [0.1, 0.15) is 30.1 Å². The molecular formula is C27H28F3N7O6S. The van der Waals surface area contributed by atoms with Gasteiger partial charge in [-0.05, 0) is 29.9 Å². The molecule has 0 amide bonds. The molecule has 5 heterocycles. The first kappa shape index (κ1) is 30.0. The van der Waals surface area contributed by atoms with Gasteiger partial charge in [-0.25, -0.2) is 19.7 Å². The Morgan fingerprint density at radius 1 is 1.05 bits per heavy atom. The lowest BCUT2D eigenvalue weighted by atomic mass is 9.95. The van der Waals surface area contributed by atoms with Crippen molar-refractivity contribution in [3.05, 3.63) is 60.2 Å². The number of nitrogens with one attached hydrogen (secondary N) is 1. The van der Waals surface area contributed by atoms with E-state index in [-0.39, 0.29) is 25.6 Å². The van der Waals surface area contributed by atoms with Crippen LogP contribution in [0.25, 0.3) is 16.6 Å². The standard InChI is InChI=1S/C27H28F3N7O6S/c28-27(29,30)26(38)43-34-44(39,40)36-9-7-19(8-10-36)22-15-31-24(35-11-13-41-14-12-35)25-32-20(16-37(22)25)17-42-23-6-5-18-3-1-2-4-21(18)33-23/h1-6,15-16,19,34H,7-14,17H2. The number of carbonyl (C=O) groups is 1. The summed E-state index contributed by atoms with van der Waals surface area (Å²) in [6, 6.07) is 11.4. The molecule has 0 spiro atoms. The van der Waals surface area contributed by atoms with Gasteiger partial charge >= 0.3 is 22.4 Å². The molecule has 234 valence electrons. The number of carbonyl (C=O) groups excluding carboxylic acids is 1. The van der Waals surface area contributed by atoms with Gasteiger partial charge < -0.3 is 19.2 Å². The molecule has 0 atom stereocenters. The summed E-state index contributed by atoms with van der Waals surface area (Å²) >= 11 is 0. The van der Waals surface area contributed by atoms with Gasteiger partial charge in [-0.2, -0.15) is 25.9 Å². The van der Waals surface area contributed by atoms with Gasteiger partial charge in [-0.3, -0.25) is 4.40 Å². The summed E-state index contributed by atoms with van der Waals surface area (Å²) < 4.78 is 76.5. The third-order valence-electron chi connectivity index (χ3n) is 7.49. The highest BCUT2D eigenvalue weighted by Gasteiger charge is 2.43. The predicted octanol–water partition coefficient (Wildman–Crippen LogP) is 2.73. The van der Waals surface area contributed by atoms with Gasteiger partial charge in [0, 0.05) is 61.6 Å². The molecule has 0 unspecified atom stereocenters. The van der Waals surface area contributed by atoms with Crippen molar-refractivity contribution < 1.29 is 40.7 Å². The Labute approximate surface area is 249 Å². The van der Waals surface area contributed by atoms with Crippen molar-refractivity contribution in [3.63, 3.8) is 0 Å². The molecule has 17 heteroatoms. The number of hydrogen-bond donors (Lipinski definition) is 1. The molecule has 2 saturated heterocycles. The summed E-state index contributed by atoms with van der Waals surface area (Å²) in [4.78, 5) is 32.2. The molecule has 44 heavy (non-hydrogen) atoms. The van der Waals surface area contributed by atoms with Gasteiger partial charge in [-0.15, -0.1) is 0 Å². The van der Waals surface area contributed by atoms with Gasteiger partial charge in [-0.1, -0.05) is 18.2 Å². The summed E-state index contributed by atoms with van der Waals surface area (Å²) in [5.41, 5.74) is 2.86. The Hall–Kier alpha value is -4.06. The average molecular weight is 636 g/mol. The number of piperidine rings is 1. The van der Waals surface area contributed by atoms with Crippen molar-refractivity contribution in [2.24, 2.45) is 0 Å². The van der Waals surface area contributed by atoms with Crippen LogP contribution in [0.4, 0.5) is 19.0 Å². The molecule has 3 aromatic heterocycles. The molecule has 2 aliphatic rings. The fourth-order valence-electron chi connectivity index (χ4n) is 5.27. The van der Waals surface area contributed by atoms with Crippen LogP contribution in [0.2, 0.25) is 0 Å². The Kier molecular flexibility index (Phi) is 8.28. The van der Waals surface area contributed by atoms with Crippen LogP contribution in [0.3, 0.4) is 0 Å². The second-order valence-electron chi connectivity index (χ2n) is 10.3. The van der Waals surface area contributed by atoms with E-state index in [1.165, 1.54) is 4.89 Å². The van der Waals surface area contributed by atoms with Crippen LogP contribution in [0, 0.1) is 0 Å². The second kappa shape index (κ2) is 12.1. The zero-order valence-corrected chi connectivity index (χ0v) is 24.1. The van der Waals surface area contributed by atoms with Gasteiger partial charge in [0.2, 0.25) is 5.88 Å². The average Bonchev–Trinajstić information content (AvgIpc) is 3.46. The summed E-state index contributed by atoms with van der Waals surface area (Å²) in [5, 5.41) is 0.996. The Balaban J connectivity index is 1.21. The number of imidazole rings is 1. The van der Waals surface area contributed by atoms with E-state index < -0.39 is 22.4 Å². The smallest absolute Gasteiger partial charge is 0.471 e. The molecule has 0 aliphatic carbocycles. The van der Waals surface area contributed by atoms with E-state index in [4.69, 9.17) is 19.4 Å². The molecule has 2 fully saturated rings. The number of ether oxygens (including phenoxy) is 2. The number of para-hydroxylation sites is 1. The number of morpholine rings is 1. The van der Waals surface area contributed by atoms with Gasteiger partial charge in [0.15, 0.2) is 11.5 Å². The summed E-state index contributed by atoms with van der Waals surface area (Å²) in [7, 11) is -4.49. The van der Waals surface area contributed by atoms with E-state index in [0.717, 1.165) is 20.9 Å². The molecule has 2 aliphatic heterocycles. The molecule has 0 saturated carbocycles. The van der Waals surface area contributed by atoms with E-state index >= 15 is 0 Å². The number of benzene rings is 1. The Morgan fingerprint density at radius 2 is 1.80 bits per heavy atom. The number of pyridine rings is 1. The molecule has 1 aromatic carbocycles. The quantitative estimate of drug-likeness (QED) is 0.288. The largest absolute Gasteiger partial charge is 0.492 e. The third-order valence-corrected chi connectivity index (χ3v) is 8.83. The second-order valence-corrected chi connectivity index (χ2v) is 11.9. The number of aromatic nitrogens is 4. The van der Waals surface area contributed by atoms with Crippen LogP contribution < -0.4 is 14.5 Å². The van der Waals surface area contributed by atoms with Crippen LogP contribution in [0.15, 0.2) is 48.8 Å². The minimum atomic E-state index is -5.33. The number of fused-ring (bicyclic) bond motifs is 2. The minimum Gasteiger partial charge on any atom is -0.471 e. The van der Waals surface area contributed by atoms with Crippen molar-refractivity contribution >= 4 is 38.5 Å². The van der Waals surface area contributed by atoms with Gasteiger partial charge in [0.25, 0.3) is 0 Å². The molecule has 0 radical (unpaired) electrons. The number of alkyl halides is 3. The lowest BCUT2D eigenvalue weighted by molar-refractivity contribution is -0.203. The van der Waals surface area contributed by atoms with Crippen molar-refractivity contribution in [3.8, 4) is 5.88 Å². The summed E-state index contributed by atoms with van der Waals surface area (Å²) in [6.45, 7) is 2.50. The van der Waals surface area contributed by atoms with E-state index in [9.17, 15) is 26.4 Å². The van der Waals surface area contributed by atoms with Crippen molar-refractivity contribution in [2.45, 2.75) is 31.5 Å². The molecule has 0 bridgehead atoms. The van der Waals surface area contributed by atoms with Gasteiger partial charge in [0.05, 0.1) is 24.4 Å². The normalized spacial score (nSPS) is 17.3. The molecular weight excluding hydrogens is 607 g/mol. The first-order valence-corrected chi connectivity index (χ1v) is 15.3. The topological polar surface area (TPSA) is 140 Å². The Bertz CT molecular complexity index is 1770. The van der Waals surface area contributed by atoms with Gasteiger partial charge in [0.1, 0.15) is 6.61 Å². The highest BCUT2D eigenvalue weighted by Crippen LogP contribution is 2.32. The molecule has 6 rings (SSSR count). The number of nitrogens with zero attached hydrogens (tertiary/aromatic N) is 6. The first-order chi connectivity index (χ1) is 21.1. The minimum absolute atomic E-state index is 0.0193. The first-order valence-electron chi connectivity index (χ1n) is 13.8. The monoisotopic (exact) mass is 635 g/mol. The van der Waals surface area contributed by atoms with E-state index in [2.05, 4.69) is 14.7 Å². The lowest BCUT2D eigenvalue weighted by Crippen LogP contribution is -2.46. The lowest BCUT2D eigenvalue weighted by Gasteiger charge is -2.32. The number of anilines is 1. The fourth-order valence-corrected chi connectivity index (χ4v) is 6.25. The van der Waals surface area contributed by atoms with Crippen LogP contribution in [0.5, 0.6) is 5.88 Å². The van der Waals surface area contributed by atoms with Crippen molar-refractivity contribution in [2.75, 3.05) is 44.3 Å². The van der Waals surface area contributed by atoms with Crippen molar-refractivity contribution in [1.29, 1.82) is 0 Å². The van der Waals surface area contributed by atoms with Crippen LogP contribution in [-0.4, -0.2) is 83.6 Å². The summed E-state index contributed by atoms with van der Waals surface area (Å²) in [5.74, 6) is -1.66. The molecule has 4 aromatic rings. The van der Waals surface area contributed by atoms with E-state index in [0.29, 0.717) is 62.2 Å². The maximum absolute atomic E-state index is 12.5. The SMILES string of the molecule is O=C(ONS(=O)(=O)N1CCC(c2cnc(N3CCOCC3)c3nc(COc4ccc5ccccc5n4)cn23)CC1)C(F)(F)F. The highest BCUT2D eigenvalue weighted by atomic mass is 32.2. The zero-order chi connectivity index (χ0) is 30.9. The molecule has 1 N–H and O–H groups in total. The Morgan fingerprint density at radius 3 is 2.55 bits per heavy atom. The van der Waals surface area contributed by atoms with E-state index in [1.807, 2.05) is 40.9 Å². The maximum Gasteiger partial charge on any atom is 0.492 e. The predicted molar refractivity (Wildman–Crippen MR) is 150 cm³/mol. The van der Waals surface area contributed by atoms with Crippen LogP contribution >= 0.6 is 0 Å². The van der Waals surface area contributed by atoms with Crippen molar-refractivity contribution in [1.82, 2.24) is 28.5 Å².